The molecule has 2 aromatic carbocycles. The van der Waals surface area contributed by atoms with Crippen LogP contribution in [0, 0.1) is 0 Å². The topological polar surface area (TPSA) is 0 Å². The van der Waals surface area contributed by atoms with Gasteiger partial charge in [0.2, 0.25) is 0 Å². The molecule has 2 rings (SSSR count). The molecule has 62 valence electrons. The minimum atomic E-state index is 0.459. The Morgan fingerprint density at radius 2 is 1.77 bits per heavy atom. The maximum absolute atomic E-state index is 2.27. The molecule has 0 nitrogen and oxygen atoms in total. The summed E-state index contributed by atoms with van der Waals surface area (Å²) in [6.45, 7) is 2.26. The Morgan fingerprint density at radius 3 is 2.62 bits per heavy atom. The molecule has 0 atom stereocenters. The standard InChI is InChI=1S/C10H7.C2H5.Al/c1-2-6-10-8-4-3-7-9(10)5-1;1-2;/h1-7H;1H2,2H3;/q;;+1. The van der Waals surface area contributed by atoms with Crippen LogP contribution in [-0.4, -0.2) is 15.2 Å². The van der Waals surface area contributed by atoms with Gasteiger partial charge >= 0.3 is 85.1 Å². The van der Waals surface area contributed by atoms with Gasteiger partial charge in [-0.2, -0.15) is 0 Å². The van der Waals surface area contributed by atoms with Crippen molar-refractivity contribution in [3.63, 3.8) is 0 Å². The molecule has 0 aromatic heterocycles. The Labute approximate surface area is 85.3 Å². The Morgan fingerprint density at radius 1 is 1.00 bits per heavy atom. The van der Waals surface area contributed by atoms with E-state index in [4.69, 9.17) is 0 Å². The molecule has 0 heterocycles. The molecule has 0 aliphatic heterocycles. The van der Waals surface area contributed by atoms with Crippen molar-refractivity contribution in [3.8, 4) is 0 Å². The molecule has 0 radical (unpaired) electrons. The van der Waals surface area contributed by atoms with Crippen LogP contribution in [0.3, 0.4) is 0 Å². The van der Waals surface area contributed by atoms with Crippen LogP contribution < -0.4 is 4.43 Å². The molecule has 0 saturated carbocycles. The predicted molar refractivity (Wildman–Crippen MR) is 59.8 cm³/mol. The SMILES string of the molecule is C[CH2][Al+][c]1cccc2ccccc12. The third kappa shape index (κ3) is 1.77. The first-order valence-electron chi connectivity index (χ1n) is 4.73. The Balaban J connectivity index is 2.61. The van der Waals surface area contributed by atoms with Crippen molar-refractivity contribution in [2.75, 3.05) is 0 Å². The van der Waals surface area contributed by atoms with Gasteiger partial charge in [0.1, 0.15) is 0 Å². The van der Waals surface area contributed by atoms with Gasteiger partial charge in [0.05, 0.1) is 0 Å². The van der Waals surface area contributed by atoms with Gasteiger partial charge in [-0.25, -0.2) is 0 Å². The summed E-state index contributed by atoms with van der Waals surface area (Å²) in [5.41, 5.74) is 0. The van der Waals surface area contributed by atoms with Gasteiger partial charge in [-0.05, 0) is 0 Å². The molecule has 13 heavy (non-hydrogen) atoms. The molecule has 0 saturated heterocycles. The average Bonchev–Trinajstić information content (AvgIpc) is 2.19. The summed E-state index contributed by atoms with van der Waals surface area (Å²) in [6, 6.07) is 15.3. The molecule has 0 fully saturated rings. The van der Waals surface area contributed by atoms with Gasteiger partial charge in [-0.15, -0.1) is 0 Å². The number of rotatable bonds is 2. The first kappa shape index (κ1) is 8.81. The number of benzene rings is 2. The third-order valence-electron chi connectivity index (χ3n) is 2.25. The van der Waals surface area contributed by atoms with Crippen LogP contribution in [0.4, 0.5) is 0 Å². The van der Waals surface area contributed by atoms with Crippen LogP contribution in [0.15, 0.2) is 42.5 Å². The third-order valence-corrected chi connectivity index (χ3v) is 3.60. The van der Waals surface area contributed by atoms with Gasteiger partial charge in [-0.1, -0.05) is 0 Å². The Kier molecular flexibility index (Phi) is 2.69. The van der Waals surface area contributed by atoms with Crippen LogP contribution in [-0.2, 0) is 0 Å². The predicted octanol–water partition coefficient (Wildman–Crippen LogP) is 2.61. The molecule has 2 aromatic rings. The fourth-order valence-electron chi connectivity index (χ4n) is 1.65. The van der Waals surface area contributed by atoms with Crippen LogP contribution >= 0.6 is 0 Å². The van der Waals surface area contributed by atoms with Gasteiger partial charge in [0, 0.05) is 0 Å². The quantitative estimate of drug-likeness (QED) is 0.628. The molecule has 0 bridgehead atoms. The van der Waals surface area contributed by atoms with Crippen molar-refractivity contribution in [2.45, 2.75) is 12.2 Å². The van der Waals surface area contributed by atoms with Crippen LogP contribution in [0.25, 0.3) is 10.8 Å². The van der Waals surface area contributed by atoms with E-state index in [0.717, 1.165) is 0 Å². The summed E-state index contributed by atoms with van der Waals surface area (Å²) in [4.78, 5) is 0. The first-order valence-corrected chi connectivity index (χ1v) is 6.12. The number of fused-ring (bicyclic) bond motifs is 1. The summed E-state index contributed by atoms with van der Waals surface area (Å²) in [6.07, 6.45) is 0. The van der Waals surface area contributed by atoms with Gasteiger partial charge in [-0.3, -0.25) is 0 Å². The zero-order chi connectivity index (χ0) is 9.10. The molecule has 0 aliphatic rings. The summed E-state index contributed by atoms with van der Waals surface area (Å²) >= 11 is 0.459. The number of hydrogen-bond donors (Lipinski definition) is 0. The van der Waals surface area contributed by atoms with E-state index in [9.17, 15) is 0 Å². The van der Waals surface area contributed by atoms with Crippen LogP contribution in [0.1, 0.15) is 6.92 Å². The minimum absolute atomic E-state index is 0.459. The zero-order valence-electron chi connectivity index (χ0n) is 7.83. The van der Waals surface area contributed by atoms with Crippen LogP contribution in [0.2, 0.25) is 5.28 Å². The van der Waals surface area contributed by atoms with Gasteiger partial charge in [0.25, 0.3) is 0 Å². The van der Waals surface area contributed by atoms with E-state index in [-0.39, 0.29) is 0 Å². The van der Waals surface area contributed by atoms with E-state index in [0.29, 0.717) is 15.2 Å². The second-order valence-electron chi connectivity index (χ2n) is 3.18. The molecule has 0 amide bonds. The molecular formula is C12H12Al+. The number of hydrogen-bond acceptors (Lipinski definition) is 0. The summed E-state index contributed by atoms with van der Waals surface area (Å²) in [7, 11) is 0. The van der Waals surface area contributed by atoms with Gasteiger partial charge in [0.15, 0.2) is 0 Å². The average molecular weight is 183 g/mol. The maximum atomic E-state index is 2.27. The fraction of sp³-hybridized carbons (Fsp3) is 0.167. The first-order chi connectivity index (χ1) is 6.42. The normalized spacial score (nSPS) is 9.92. The second kappa shape index (κ2) is 3.96. The van der Waals surface area contributed by atoms with Crippen molar-refractivity contribution in [2.24, 2.45) is 0 Å². The molecule has 0 N–H and O–H groups in total. The van der Waals surface area contributed by atoms with Crippen molar-refractivity contribution >= 4 is 30.4 Å². The summed E-state index contributed by atoms with van der Waals surface area (Å²) < 4.78 is 1.56. The van der Waals surface area contributed by atoms with Crippen molar-refractivity contribution < 1.29 is 0 Å². The van der Waals surface area contributed by atoms with E-state index in [1.54, 1.807) is 4.43 Å². The Bertz CT molecular complexity index is 401. The van der Waals surface area contributed by atoms with E-state index in [1.807, 2.05) is 0 Å². The summed E-state index contributed by atoms with van der Waals surface area (Å²) in [5, 5.41) is 4.12. The van der Waals surface area contributed by atoms with Crippen molar-refractivity contribution in [1.82, 2.24) is 0 Å². The summed E-state index contributed by atoms with van der Waals surface area (Å²) in [5.74, 6) is 0. The molecule has 1 heteroatoms. The fourth-order valence-corrected chi connectivity index (χ4v) is 2.82. The molecule has 0 spiro atoms. The molecule has 0 aliphatic carbocycles. The Hall–Kier alpha value is -0.768. The van der Waals surface area contributed by atoms with E-state index < -0.39 is 0 Å². The monoisotopic (exact) mass is 183 g/mol. The van der Waals surface area contributed by atoms with Gasteiger partial charge < -0.3 is 0 Å². The molecular weight excluding hydrogens is 171 g/mol. The van der Waals surface area contributed by atoms with Crippen molar-refractivity contribution in [3.05, 3.63) is 42.5 Å². The van der Waals surface area contributed by atoms with Crippen molar-refractivity contribution in [1.29, 1.82) is 0 Å². The second-order valence-corrected chi connectivity index (χ2v) is 5.03. The van der Waals surface area contributed by atoms with E-state index >= 15 is 0 Å². The van der Waals surface area contributed by atoms with Crippen LogP contribution in [0.5, 0.6) is 0 Å². The zero-order valence-corrected chi connectivity index (χ0v) is 8.98. The molecule has 0 unspecified atom stereocenters. The van der Waals surface area contributed by atoms with E-state index in [2.05, 4.69) is 49.4 Å². The van der Waals surface area contributed by atoms with E-state index in [1.165, 1.54) is 16.1 Å².